The van der Waals surface area contributed by atoms with E-state index >= 15 is 0 Å². The van der Waals surface area contributed by atoms with Crippen LogP contribution in [0.3, 0.4) is 0 Å². The fraction of sp³-hybridized carbons (Fsp3) is 0.385. The number of hydrogen-bond donors (Lipinski definition) is 2. The summed E-state index contributed by atoms with van der Waals surface area (Å²) in [4.78, 5) is 25.4. The molecule has 0 aliphatic carbocycles. The zero-order valence-electron chi connectivity index (χ0n) is 20.1. The summed E-state index contributed by atoms with van der Waals surface area (Å²) in [6, 6.07) is 10.2. The van der Waals surface area contributed by atoms with Gasteiger partial charge in [0, 0.05) is 5.70 Å². The lowest BCUT2D eigenvalue weighted by Crippen LogP contribution is -2.47. The summed E-state index contributed by atoms with van der Waals surface area (Å²) in [5, 5.41) is 5.59. The van der Waals surface area contributed by atoms with Crippen LogP contribution in [0.2, 0.25) is 0 Å². The summed E-state index contributed by atoms with van der Waals surface area (Å²) >= 11 is 0. The molecule has 0 saturated heterocycles. The number of esters is 1. The Kier molecular flexibility index (Phi) is 8.15. The van der Waals surface area contributed by atoms with Gasteiger partial charge < -0.3 is 24.8 Å². The van der Waals surface area contributed by atoms with Crippen molar-refractivity contribution in [1.82, 2.24) is 10.6 Å². The van der Waals surface area contributed by atoms with E-state index in [0.717, 1.165) is 5.56 Å². The number of benzene rings is 2. The third-order valence-corrected chi connectivity index (χ3v) is 5.15. The number of amides is 2. The molecule has 1 aliphatic rings. The van der Waals surface area contributed by atoms with Gasteiger partial charge in [0.2, 0.25) is 0 Å². The van der Waals surface area contributed by atoms with Gasteiger partial charge in [0.05, 0.1) is 24.3 Å². The van der Waals surface area contributed by atoms with Gasteiger partial charge in [-0.25, -0.2) is 14.0 Å². The van der Waals surface area contributed by atoms with Gasteiger partial charge in [-0.1, -0.05) is 32.0 Å². The Hall–Kier alpha value is -3.55. The number of rotatable bonds is 9. The zero-order valence-corrected chi connectivity index (χ0v) is 20.1. The number of nitrogens with one attached hydrogen (secondary N) is 2. The van der Waals surface area contributed by atoms with Crippen LogP contribution < -0.4 is 20.1 Å². The van der Waals surface area contributed by atoms with E-state index in [1.54, 1.807) is 44.2 Å². The topological polar surface area (TPSA) is 85.9 Å². The standard InChI is InChI=1S/C26H31FN2O5/c1-6-32-21-13-18(9-12-20(21)33-14-17-7-10-19(27)11-8-17)24-22(25(30)34-16(4)5)23(15(2)3)28-26(31)29-24/h7-13,15-16,24H,6,14H2,1-5H3,(H2,28,29,31). The van der Waals surface area contributed by atoms with E-state index < -0.39 is 18.0 Å². The minimum atomic E-state index is -0.720. The van der Waals surface area contributed by atoms with Gasteiger partial charge in [-0.2, -0.15) is 0 Å². The van der Waals surface area contributed by atoms with Crippen molar-refractivity contribution in [2.45, 2.75) is 53.4 Å². The van der Waals surface area contributed by atoms with Gasteiger partial charge in [0.25, 0.3) is 0 Å². The van der Waals surface area contributed by atoms with E-state index in [0.29, 0.717) is 34.9 Å². The molecule has 2 amide bonds. The average Bonchev–Trinajstić information content (AvgIpc) is 2.78. The molecule has 0 spiro atoms. The number of halogens is 1. The predicted molar refractivity (Wildman–Crippen MR) is 126 cm³/mol. The first-order valence-corrected chi connectivity index (χ1v) is 11.4. The van der Waals surface area contributed by atoms with E-state index in [2.05, 4.69) is 10.6 Å². The minimum absolute atomic E-state index is 0.104. The third-order valence-electron chi connectivity index (χ3n) is 5.15. The molecule has 3 rings (SSSR count). The maximum Gasteiger partial charge on any atom is 0.338 e. The Bertz CT molecular complexity index is 1060. The fourth-order valence-electron chi connectivity index (χ4n) is 3.63. The Balaban J connectivity index is 1.96. The van der Waals surface area contributed by atoms with E-state index in [-0.39, 0.29) is 24.4 Å². The van der Waals surface area contributed by atoms with Gasteiger partial charge in [0.15, 0.2) is 11.5 Å². The Morgan fingerprint density at radius 3 is 2.35 bits per heavy atom. The molecular weight excluding hydrogens is 439 g/mol. The van der Waals surface area contributed by atoms with Gasteiger partial charge in [-0.05, 0) is 62.1 Å². The normalized spacial score (nSPS) is 15.8. The molecule has 2 N–H and O–H groups in total. The lowest BCUT2D eigenvalue weighted by molar-refractivity contribution is -0.143. The number of hydrogen-bond acceptors (Lipinski definition) is 5. The van der Waals surface area contributed by atoms with E-state index in [9.17, 15) is 14.0 Å². The van der Waals surface area contributed by atoms with Crippen LogP contribution >= 0.6 is 0 Å². The molecule has 7 nitrogen and oxygen atoms in total. The number of allylic oxidation sites excluding steroid dienone is 1. The molecule has 0 fully saturated rings. The highest BCUT2D eigenvalue weighted by atomic mass is 19.1. The Morgan fingerprint density at radius 2 is 1.74 bits per heavy atom. The van der Waals surface area contributed by atoms with Crippen LogP contribution in [-0.4, -0.2) is 24.7 Å². The van der Waals surface area contributed by atoms with Crippen molar-refractivity contribution in [2.75, 3.05) is 6.61 Å². The van der Waals surface area contributed by atoms with Crippen molar-refractivity contribution in [3.05, 3.63) is 70.7 Å². The fourth-order valence-corrected chi connectivity index (χ4v) is 3.63. The van der Waals surface area contributed by atoms with Gasteiger partial charge in [-0.15, -0.1) is 0 Å². The number of ether oxygens (including phenoxy) is 3. The van der Waals surface area contributed by atoms with Crippen molar-refractivity contribution in [3.63, 3.8) is 0 Å². The van der Waals surface area contributed by atoms with Crippen molar-refractivity contribution in [2.24, 2.45) is 5.92 Å². The zero-order chi connectivity index (χ0) is 24.8. The van der Waals surface area contributed by atoms with Gasteiger partial charge in [-0.3, -0.25) is 0 Å². The first kappa shape index (κ1) is 25.1. The summed E-state index contributed by atoms with van der Waals surface area (Å²) in [6.07, 6.45) is -0.312. The summed E-state index contributed by atoms with van der Waals surface area (Å²) in [7, 11) is 0. The molecule has 1 unspecified atom stereocenters. The van der Waals surface area contributed by atoms with Crippen LogP contribution in [0.25, 0.3) is 0 Å². The molecule has 0 aromatic heterocycles. The molecule has 0 bridgehead atoms. The van der Waals surface area contributed by atoms with Crippen molar-refractivity contribution in [1.29, 1.82) is 0 Å². The molecule has 1 heterocycles. The molecule has 2 aromatic rings. The van der Waals surface area contributed by atoms with Crippen LogP contribution in [0.4, 0.5) is 9.18 Å². The molecule has 34 heavy (non-hydrogen) atoms. The monoisotopic (exact) mass is 470 g/mol. The quantitative estimate of drug-likeness (QED) is 0.503. The van der Waals surface area contributed by atoms with Crippen LogP contribution in [0.15, 0.2) is 53.7 Å². The summed E-state index contributed by atoms with van der Waals surface area (Å²) < 4.78 is 30.4. The highest BCUT2D eigenvalue weighted by molar-refractivity contribution is 5.95. The highest BCUT2D eigenvalue weighted by Gasteiger charge is 2.35. The summed E-state index contributed by atoms with van der Waals surface area (Å²) in [6.45, 7) is 9.83. The second kappa shape index (κ2) is 11.0. The van der Waals surface area contributed by atoms with E-state index in [1.807, 2.05) is 20.8 Å². The first-order valence-electron chi connectivity index (χ1n) is 11.4. The van der Waals surface area contributed by atoms with Gasteiger partial charge in [0.1, 0.15) is 12.4 Å². The SMILES string of the molecule is CCOc1cc(C2NC(=O)NC(C(C)C)=C2C(=O)OC(C)C)ccc1OCc1ccc(F)cc1. The maximum atomic E-state index is 13.2. The van der Waals surface area contributed by atoms with Crippen molar-refractivity contribution >= 4 is 12.0 Å². The van der Waals surface area contributed by atoms with E-state index in [1.165, 1.54) is 12.1 Å². The lowest BCUT2D eigenvalue weighted by atomic mass is 9.91. The van der Waals surface area contributed by atoms with Crippen LogP contribution in [0, 0.1) is 11.7 Å². The van der Waals surface area contributed by atoms with Gasteiger partial charge >= 0.3 is 12.0 Å². The molecule has 182 valence electrons. The maximum absolute atomic E-state index is 13.2. The summed E-state index contributed by atoms with van der Waals surface area (Å²) in [5.41, 5.74) is 2.34. The Labute approximate surface area is 199 Å². The molecule has 0 saturated carbocycles. The second-order valence-corrected chi connectivity index (χ2v) is 8.52. The van der Waals surface area contributed by atoms with Crippen molar-refractivity contribution in [3.8, 4) is 11.5 Å². The number of carbonyl (C=O) groups is 2. The average molecular weight is 471 g/mol. The van der Waals surface area contributed by atoms with Crippen LogP contribution in [0.5, 0.6) is 11.5 Å². The van der Waals surface area contributed by atoms with E-state index in [4.69, 9.17) is 14.2 Å². The second-order valence-electron chi connectivity index (χ2n) is 8.52. The summed E-state index contributed by atoms with van der Waals surface area (Å²) in [5.74, 6) is 0.0543. The molecule has 8 heteroatoms. The highest BCUT2D eigenvalue weighted by Crippen LogP contribution is 2.36. The first-order chi connectivity index (χ1) is 16.2. The molecular formula is C26H31FN2O5. The van der Waals surface area contributed by atoms with Crippen LogP contribution in [-0.2, 0) is 16.1 Å². The van der Waals surface area contributed by atoms with Crippen molar-refractivity contribution < 1.29 is 28.2 Å². The number of urea groups is 1. The smallest absolute Gasteiger partial charge is 0.338 e. The molecule has 1 aliphatic heterocycles. The molecule has 0 radical (unpaired) electrons. The molecule has 2 aromatic carbocycles. The third kappa shape index (κ3) is 6.07. The Morgan fingerprint density at radius 1 is 1.03 bits per heavy atom. The lowest BCUT2D eigenvalue weighted by Gasteiger charge is -2.31. The molecule has 1 atom stereocenters. The number of carbonyl (C=O) groups excluding carboxylic acids is 2. The minimum Gasteiger partial charge on any atom is -0.490 e. The van der Waals surface area contributed by atoms with Crippen LogP contribution in [0.1, 0.15) is 51.8 Å². The predicted octanol–water partition coefficient (Wildman–Crippen LogP) is 5.02. The largest absolute Gasteiger partial charge is 0.490 e.